The summed E-state index contributed by atoms with van der Waals surface area (Å²) in [6.45, 7) is 1.87. The van der Waals surface area contributed by atoms with Crippen LogP contribution in [-0.4, -0.2) is 19.9 Å². The van der Waals surface area contributed by atoms with E-state index in [2.05, 4.69) is 10.1 Å². The molecule has 0 amide bonds. The summed E-state index contributed by atoms with van der Waals surface area (Å²) in [6.07, 6.45) is 1.30. The van der Waals surface area contributed by atoms with Gasteiger partial charge in [0.25, 0.3) is 0 Å². The molecule has 1 N–H and O–H groups in total. The first-order valence-electron chi connectivity index (χ1n) is 5.46. The van der Waals surface area contributed by atoms with Crippen molar-refractivity contribution < 1.29 is 5.11 Å². The smallest absolute Gasteiger partial charge is 0.130 e. The molecule has 6 heteroatoms. The zero-order chi connectivity index (χ0) is 13.3. The minimum atomic E-state index is -0.671. The zero-order valence-corrected chi connectivity index (χ0v) is 11.6. The highest BCUT2D eigenvalue weighted by Crippen LogP contribution is 2.25. The molecule has 0 aliphatic carbocycles. The Hall–Kier alpha value is -1.10. The molecule has 0 aliphatic heterocycles. The average molecular weight is 286 g/mol. The summed E-state index contributed by atoms with van der Waals surface area (Å²) in [5, 5.41) is 15.3. The predicted molar refractivity (Wildman–Crippen MR) is 70.9 cm³/mol. The number of rotatable bonds is 3. The first-order valence-corrected chi connectivity index (χ1v) is 6.22. The monoisotopic (exact) mass is 285 g/mol. The lowest BCUT2D eigenvalue weighted by molar-refractivity contribution is 0.178. The van der Waals surface area contributed by atoms with Gasteiger partial charge in [0.1, 0.15) is 10.3 Å². The Morgan fingerprint density at radius 3 is 2.61 bits per heavy atom. The van der Waals surface area contributed by atoms with E-state index in [1.807, 2.05) is 6.92 Å². The number of pyridine rings is 1. The minimum absolute atomic E-state index is 0.404. The van der Waals surface area contributed by atoms with E-state index < -0.39 is 6.10 Å². The topological polar surface area (TPSA) is 50.9 Å². The molecule has 1 atom stereocenters. The Kier molecular flexibility index (Phi) is 3.90. The number of hydrogen-bond donors (Lipinski definition) is 1. The van der Waals surface area contributed by atoms with Crippen molar-refractivity contribution in [3.63, 3.8) is 0 Å². The molecule has 0 aromatic carbocycles. The van der Waals surface area contributed by atoms with Crippen LogP contribution in [0.3, 0.4) is 0 Å². The molecule has 0 aliphatic rings. The molecular formula is C12H13Cl2N3O. The Morgan fingerprint density at radius 1 is 1.39 bits per heavy atom. The molecule has 0 radical (unpaired) electrons. The van der Waals surface area contributed by atoms with Gasteiger partial charge in [-0.3, -0.25) is 4.68 Å². The summed E-state index contributed by atoms with van der Waals surface area (Å²) in [7, 11) is 1.77. The third-order valence-corrected chi connectivity index (χ3v) is 3.50. The lowest BCUT2D eigenvalue weighted by Crippen LogP contribution is -2.03. The molecular weight excluding hydrogens is 273 g/mol. The highest BCUT2D eigenvalue weighted by Gasteiger charge is 2.16. The number of hydrogen-bond acceptors (Lipinski definition) is 3. The van der Waals surface area contributed by atoms with Gasteiger partial charge in [-0.15, -0.1) is 0 Å². The molecule has 0 bridgehead atoms. The van der Waals surface area contributed by atoms with Gasteiger partial charge in [0.05, 0.1) is 11.8 Å². The Morgan fingerprint density at radius 2 is 2.11 bits per heavy atom. The van der Waals surface area contributed by atoms with E-state index in [0.717, 1.165) is 11.3 Å². The van der Waals surface area contributed by atoms with Gasteiger partial charge in [0.2, 0.25) is 0 Å². The first-order chi connectivity index (χ1) is 8.49. The van der Waals surface area contributed by atoms with E-state index >= 15 is 0 Å². The maximum Gasteiger partial charge on any atom is 0.130 e. The number of aryl methyl sites for hydroxylation is 2. The Balaban J connectivity index is 2.21. The van der Waals surface area contributed by atoms with E-state index in [1.54, 1.807) is 30.1 Å². The number of aliphatic hydroxyl groups is 1. The third kappa shape index (κ3) is 2.66. The second-order valence-electron chi connectivity index (χ2n) is 4.11. The van der Waals surface area contributed by atoms with Crippen molar-refractivity contribution >= 4 is 23.2 Å². The molecule has 2 aromatic heterocycles. The van der Waals surface area contributed by atoms with Gasteiger partial charge < -0.3 is 5.11 Å². The summed E-state index contributed by atoms with van der Waals surface area (Å²) in [4.78, 5) is 3.94. The van der Waals surface area contributed by atoms with E-state index in [-0.39, 0.29) is 0 Å². The minimum Gasteiger partial charge on any atom is -0.388 e. The van der Waals surface area contributed by atoms with Crippen LogP contribution in [0.15, 0.2) is 18.3 Å². The molecule has 2 aromatic rings. The number of aromatic nitrogens is 3. The lowest BCUT2D eigenvalue weighted by atomic mass is 10.0. The standard InChI is InChI=1S/C12H13Cl2N3O/c1-7-9(12(14)17(2)16-7)5-10(18)8-3-4-11(13)15-6-8/h3-4,6,10,18H,5H2,1-2H3. The van der Waals surface area contributed by atoms with Crippen LogP contribution in [0.2, 0.25) is 10.3 Å². The van der Waals surface area contributed by atoms with E-state index in [4.69, 9.17) is 23.2 Å². The SMILES string of the molecule is Cc1nn(C)c(Cl)c1CC(O)c1ccc(Cl)nc1. The van der Waals surface area contributed by atoms with Crippen molar-refractivity contribution in [3.8, 4) is 0 Å². The van der Waals surface area contributed by atoms with Crippen molar-refractivity contribution in [1.29, 1.82) is 0 Å². The highest BCUT2D eigenvalue weighted by molar-refractivity contribution is 6.30. The van der Waals surface area contributed by atoms with Gasteiger partial charge in [0.15, 0.2) is 0 Å². The molecule has 0 spiro atoms. The summed E-state index contributed by atoms with van der Waals surface area (Å²) < 4.78 is 1.60. The molecule has 2 rings (SSSR count). The van der Waals surface area contributed by atoms with Gasteiger partial charge in [0, 0.05) is 25.2 Å². The Labute approximate surface area is 115 Å². The molecule has 96 valence electrons. The normalized spacial score (nSPS) is 12.7. The lowest BCUT2D eigenvalue weighted by Gasteiger charge is -2.10. The Bertz CT molecular complexity index is 551. The molecule has 1 unspecified atom stereocenters. The largest absolute Gasteiger partial charge is 0.388 e. The van der Waals surface area contributed by atoms with Crippen molar-refractivity contribution in [3.05, 3.63) is 45.5 Å². The second kappa shape index (κ2) is 5.26. The van der Waals surface area contributed by atoms with E-state index in [1.165, 1.54) is 0 Å². The first kappa shape index (κ1) is 13.3. The van der Waals surface area contributed by atoms with Gasteiger partial charge in [-0.05, 0) is 18.6 Å². The van der Waals surface area contributed by atoms with E-state index in [9.17, 15) is 5.11 Å². The maximum atomic E-state index is 10.1. The van der Waals surface area contributed by atoms with Crippen LogP contribution in [0, 0.1) is 6.92 Å². The van der Waals surface area contributed by atoms with Crippen LogP contribution in [0.5, 0.6) is 0 Å². The number of nitrogens with zero attached hydrogens (tertiary/aromatic N) is 3. The quantitative estimate of drug-likeness (QED) is 0.883. The average Bonchev–Trinajstić information content (AvgIpc) is 2.57. The summed E-state index contributed by atoms with van der Waals surface area (Å²) >= 11 is 11.8. The summed E-state index contributed by atoms with van der Waals surface area (Å²) in [6, 6.07) is 3.40. The fourth-order valence-electron chi connectivity index (χ4n) is 1.80. The molecule has 0 saturated heterocycles. The molecule has 0 fully saturated rings. The van der Waals surface area contributed by atoms with Crippen LogP contribution in [0.1, 0.15) is 22.9 Å². The highest BCUT2D eigenvalue weighted by atomic mass is 35.5. The molecule has 18 heavy (non-hydrogen) atoms. The summed E-state index contributed by atoms with van der Waals surface area (Å²) in [5.41, 5.74) is 2.38. The molecule has 4 nitrogen and oxygen atoms in total. The van der Waals surface area contributed by atoms with Gasteiger partial charge >= 0.3 is 0 Å². The van der Waals surface area contributed by atoms with Crippen LogP contribution >= 0.6 is 23.2 Å². The van der Waals surface area contributed by atoms with Crippen LogP contribution in [-0.2, 0) is 13.5 Å². The second-order valence-corrected chi connectivity index (χ2v) is 4.86. The fraction of sp³-hybridized carbons (Fsp3) is 0.333. The number of aliphatic hydroxyl groups excluding tert-OH is 1. The van der Waals surface area contributed by atoms with Gasteiger partial charge in [-0.2, -0.15) is 5.10 Å². The van der Waals surface area contributed by atoms with Crippen molar-refractivity contribution in [2.24, 2.45) is 7.05 Å². The fourth-order valence-corrected chi connectivity index (χ4v) is 2.16. The van der Waals surface area contributed by atoms with Crippen LogP contribution in [0.25, 0.3) is 0 Å². The van der Waals surface area contributed by atoms with Crippen LogP contribution in [0.4, 0.5) is 0 Å². The third-order valence-electron chi connectivity index (χ3n) is 2.80. The molecule has 2 heterocycles. The van der Waals surface area contributed by atoms with Gasteiger partial charge in [-0.25, -0.2) is 4.98 Å². The number of halogens is 2. The summed E-state index contributed by atoms with van der Waals surface area (Å²) in [5.74, 6) is 0. The van der Waals surface area contributed by atoms with E-state index in [0.29, 0.717) is 22.3 Å². The van der Waals surface area contributed by atoms with Crippen LogP contribution < -0.4 is 0 Å². The van der Waals surface area contributed by atoms with Crippen molar-refractivity contribution in [2.45, 2.75) is 19.4 Å². The zero-order valence-electron chi connectivity index (χ0n) is 10.1. The van der Waals surface area contributed by atoms with Gasteiger partial charge in [-0.1, -0.05) is 29.3 Å². The van der Waals surface area contributed by atoms with Crippen molar-refractivity contribution in [2.75, 3.05) is 0 Å². The van der Waals surface area contributed by atoms with Crippen molar-refractivity contribution in [1.82, 2.24) is 14.8 Å². The maximum absolute atomic E-state index is 10.1. The molecule has 0 saturated carbocycles. The predicted octanol–water partition coefficient (Wildman–Crippen LogP) is 2.71.